The standard InChI is InChI=1S/C21H24N2O2/c1-15-10-11-17(13-16(15)2)21(25)23-12-6-7-18(14-23)20(24)22-19-8-4-3-5-9-19/h3-5,8-11,13,18H,6-7,12,14H2,1-2H3,(H,22,24)/t18-/m0/s1. The van der Waals surface area contributed by atoms with Crippen molar-refractivity contribution in [2.45, 2.75) is 26.7 Å². The Kier molecular flexibility index (Phi) is 5.17. The van der Waals surface area contributed by atoms with Gasteiger partial charge >= 0.3 is 0 Å². The van der Waals surface area contributed by atoms with E-state index in [1.165, 1.54) is 5.56 Å². The number of carbonyl (C=O) groups excluding carboxylic acids is 2. The lowest BCUT2D eigenvalue weighted by Crippen LogP contribution is -2.43. The molecule has 2 aromatic carbocycles. The number of rotatable bonds is 3. The van der Waals surface area contributed by atoms with Gasteiger partial charge < -0.3 is 10.2 Å². The predicted molar refractivity (Wildman–Crippen MR) is 99.6 cm³/mol. The second-order valence-corrected chi connectivity index (χ2v) is 6.74. The van der Waals surface area contributed by atoms with Crippen LogP contribution in [0, 0.1) is 19.8 Å². The van der Waals surface area contributed by atoms with Crippen LogP contribution in [0.5, 0.6) is 0 Å². The number of nitrogens with zero attached hydrogens (tertiary/aromatic N) is 1. The number of aryl methyl sites for hydroxylation is 2. The molecule has 1 heterocycles. The lowest BCUT2D eigenvalue weighted by atomic mass is 9.96. The Balaban J connectivity index is 1.67. The lowest BCUT2D eigenvalue weighted by molar-refractivity contribution is -0.121. The number of nitrogens with one attached hydrogen (secondary N) is 1. The summed E-state index contributed by atoms with van der Waals surface area (Å²) in [5.74, 6) is -0.159. The molecule has 2 aromatic rings. The molecule has 1 aliphatic heterocycles. The number of benzene rings is 2. The van der Waals surface area contributed by atoms with Crippen molar-refractivity contribution in [3.63, 3.8) is 0 Å². The van der Waals surface area contributed by atoms with Gasteiger partial charge in [-0.3, -0.25) is 9.59 Å². The topological polar surface area (TPSA) is 49.4 Å². The SMILES string of the molecule is Cc1ccc(C(=O)N2CCC[C@H](C(=O)Nc3ccccc3)C2)cc1C. The van der Waals surface area contributed by atoms with Gasteiger partial charge in [0, 0.05) is 24.3 Å². The highest BCUT2D eigenvalue weighted by Gasteiger charge is 2.29. The molecule has 1 atom stereocenters. The maximum absolute atomic E-state index is 12.8. The summed E-state index contributed by atoms with van der Waals surface area (Å²) in [5.41, 5.74) is 3.79. The van der Waals surface area contributed by atoms with E-state index < -0.39 is 0 Å². The van der Waals surface area contributed by atoms with Gasteiger partial charge in [0.25, 0.3) is 5.91 Å². The quantitative estimate of drug-likeness (QED) is 0.927. The van der Waals surface area contributed by atoms with Gasteiger partial charge in [-0.1, -0.05) is 24.3 Å². The van der Waals surface area contributed by atoms with Crippen molar-refractivity contribution < 1.29 is 9.59 Å². The predicted octanol–water partition coefficient (Wildman–Crippen LogP) is 3.79. The second kappa shape index (κ2) is 7.51. The molecule has 1 saturated heterocycles. The average Bonchev–Trinajstić information content (AvgIpc) is 2.64. The molecule has 0 spiro atoms. The van der Waals surface area contributed by atoms with Crippen LogP contribution >= 0.6 is 0 Å². The van der Waals surface area contributed by atoms with Gasteiger partial charge in [0.15, 0.2) is 0 Å². The van der Waals surface area contributed by atoms with Crippen molar-refractivity contribution in [1.29, 1.82) is 0 Å². The summed E-state index contributed by atoms with van der Waals surface area (Å²) in [6, 6.07) is 15.2. The van der Waals surface area contributed by atoms with Crippen molar-refractivity contribution >= 4 is 17.5 Å². The first-order valence-electron chi connectivity index (χ1n) is 8.77. The number of likely N-dealkylation sites (tertiary alicyclic amines) is 1. The Morgan fingerprint density at radius 1 is 1.04 bits per heavy atom. The number of carbonyl (C=O) groups is 2. The molecule has 1 aliphatic rings. The van der Waals surface area contributed by atoms with E-state index in [0.717, 1.165) is 24.1 Å². The summed E-state index contributed by atoms with van der Waals surface area (Å²) in [6.07, 6.45) is 1.67. The smallest absolute Gasteiger partial charge is 0.253 e. The Bertz CT molecular complexity index is 771. The number of hydrogen-bond acceptors (Lipinski definition) is 2. The Hall–Kier alpha value is -2.62. The van der Waals surface area contributed by atoms with E-state index in [0.29, 0.717) is 18.7 Å². The van der Waals surface area contributed by atoms with Gasteiger partial charge in [-0.15, -0.1) is 0 Å². The van der Waals surface area contributed by atoms with E-state index in [4.69, 9.17) is 0 Å². The zero-order valence-corrected chi connectivity index (χ0v) is 14.8. The summed E-state index contributed by atoms with van der Waals surface area (Å²) < 4.78 is 0. The third-order valence-electron chi connectivity index (χ3n) is 4.87. The maximum atomic E-state index is 12.8. The van der Waals surface area contributed by atoms with Gasteiger partial charge in [-0.25, -0.2) is 0 Å². The second-order valence-electron chi connectivity index (χ2n) is 6.74. The minimum Gasteiger partial charge on any atom is -0.338 e. The van der Waals surface area contributed by atoms with Crippen molar-refractivity contribution in [3.8, 4) is 0 Å². The van der Waals surface area contributed by atoms with Gasteiger partial charge in [0.1, 0.15) is 0 Å². The summed E-state index contributed by atoms with van der Waals surface area (Å²) in [7, 11) is 0. The Labute approximate surface area is 148 Å². The number of para-hydroxylation sites is 1. The number of piperidine rings is 1. The highest BCUT2D eigenvalue weighted by molar-refractivity contribution is 5.96. The average molecular weight is 336 g/mol. The van der Waals surface area contributed by atoms with Crippen LogP contribution in [0.3, 0.4) is 0 Å². The van der Waals surface area contributed by atoms with Crippen LogP contribution in [0.15, 0.2) is 48.5 Å². The fourth-order valence-corrected chi connectivity index (χ4v) is 3.20. The van der Waals surface area contributed by atoms with Gasteiger partial charge in [-0.2, -0.15) is 0 Å². The number of hydrogen-bond donors (Lipinski definition) is 1. The fraction of sp³-hybridized carbons (Fsp3) is 0.333. The van der Waals surface area contributed by atoms with Crippen LogP contribution in [0.1, 0.15) is 34.3 Å². The summed E-state index contributed by atoms with van der Waals surface area (Å²) in [4.78, 5) is 27.1. The third kappa shape index (κ3) is 4.08. The van der Waals surface area contributed by atoms with Crippen LogP contribution in [-0.4, -0.2) is 29.8 Å². The van der Waals surface area contributed by atoms with Crippen LogP contribution in [0.4, 0.5) is 5.69 Å². The van der Waals surface area contributed by atoms with Crippen molar-refractivity contribution in [2.24, 2.45) is 5.92 Å². The molecular weight excluding hydrogens is 312 g/mol. The lowest BCUT2D eigenvalue weighted by Gasteiger charge is -2.32. The van der Waals surface area contributed by atoms with Gasteiger partial charge in [0.05, 0.1) is 5.92 Å². The van der Waals surface area contributed by atoms with Crippen LogP contribution in [0.2, 0.25) is 0 Å². The molecule has 0 aliphatic carbocycles. The first-order chi connectivity index (χ1) is 12.0. The molecule has 1 fully saturated rings. The highest BCUT2D eigenvalue weighted by Crippen LogP contribution is 2.21. The third-order valence-corrected chi connectivity index (χ3v) is 4.87. The Morgan fingerprint density at radius 2 is 1.80 bits per heavy atom. The van der Waals surface area contributed by atoms with E-state index in [-0.39, 0.29) is 17.7 Å². The summed E-state index contributed by atoms with van der Waals surface area (Å²) in [5, 5.41) is 2.95. The van der Waals surface area contributed by atoms with Gasteiger partial charge in [-0.05, 0) is 62.1 Å². The molecule has 0 aromatic heterocycles. The minimum atomic E-state index is -0.163. The van der Waals surface area contributed by atoms with Crippen molar-refractivity contribution in [1.82, 2.24) is 4.90 Å². The number of amides is 2. The molecule has 25 heavy (non-hydrogen) atoms. The van der Waals surface area contributed by atoms with Crippen LogP contribution in [0.25, 0.3) is 0 Å². The molecule has 1 N–H and O–H groups in total. The van der Waals surface area contributed by atoms with Crippen molar-refractivity contribution in [3.05, 3.63) is 65.2 Å². The molecule has 4 heteroatoms. The first kappa shape index (κ1) is 17.2. The highest BCUT2D eigenvalue weighted by atomic mass is 16.2. The fourth-order valence-electron chi connectivity index (χ4n) is 3.20. The zero-order valence-electron chi connectivity index (χ0n) is 14.8. The van der Waals surface area contributed by atoms with E-state index in [1.54, 1.807) is 0 Å². The molecule has 2 amide bonds. The van der Waals surface area contributed by atoms with E-state index in [9.17, 15) is 9.59 Å². The zero-order chi connectivity index (χ0) is 17.8. The van der Waals surface area contributed by atoms with Gasteiger partial charge in [0.2, 0.25) is 5.91 Å². The van der Waals surface area contributed by atoms with Crippen molar-refractivity contribution in [2.75, 3.05) is 18.4 Å². The van der Waals surface area contributed by atoms with E-state index >= 15 is 0 Å². The summed E-state index contributed by atoms with van der Waals surface area (Å²) >= 11 is 0. The van der Waals surface area contributed by atoms with E-state index in [1.807, 2.05) is 67.3 Å². The molecule has 0 bridgehead atoms. The molecule has 0 unspecified atom stereocenters. The summed E-state index contributed by atoms with van der Waals surface area (Å²) in [6.45, 7) is 5.23. The van der Waals surface area contributed by atoms with Crippen LogP contribution < -0.4 is 5.32 Å². The molecule has 3 rings (SSSR count). The maximum Gasteiger partial charge on any atom is 0.253 e. The number of anilines is 1. The molecule has 0 saturated carbocycles. The van der Waals surface area contributed by atoms with Crippen LogP contribution in [-0.2, 0) is 4.79 Å². The van der Waals surface area contributed by atoms with E-state index in [2.05, 4.69) is 5.32 Å². The molecular formula is C21H24N2O2. The normalized spacial score (nSPS) is 17.2. The first-order valence-corrected chi connectivity index (χ1v) is 8.77. The Morgan fingerprint density at radius 3 is 2.52 bits per heavy atom. The monoisotopic (exact) mass is 336 g/mol. The molecule has 0 radical (unpaired) electrons. The largest absolute Gasteiger partial charge is 0.338 e. The minimum absolute atomic E-state index is 0.0104. The molecule has 130 valence electrons. The molecule has 4 nitrogen and oxygen atoms in total.